The van der Waals surface area contributed by atoms with Crippen molar-refractivity contribution in [1.82, 2.24) is 0 Å². The molecule has 1 N–H and O–H groups in total. The summed E-state index contributed by atoms with van der Waals surface area (Å²) in [5.74, 6) is -2.36. The largest absolute Gasteiger partial charge is 0.481 e. The third kappa shape index (κ3) is 3.96. The molecule has 2 nitrogen and oxygen atoms in total. The Morgan fingerprint density at radius 2 is 1.95 bits per heavy atom. The van der Waals surface area contributed by atoms with Crippen molar-refractivity contribution in [3.05, 3.63) is 31.8 Å². The summed E-state index contributed by atoms with van der Waals surface area (Å²) in [6.07, 6.45) is -4.03. The highest BCUT2D eigenvalue weighted by Crippen LogP contribution is 2.47. The second-order valence-corrected chi connectivity index (χ2v) is 7.89. The number of carboxylic acid groups (broad SMARTS) is 1. The predicted molar refractivity (Wildman–Crippen MR) is 88.6 cm³/mol. The molecule has 0 atom stereocenters. The van der Waals surface area contributed by atoms with Crippen LogP contribution in [0.4, 0.5) is 13.2 Å². The standard InChI is InChI=1S/C15H15BrF3IO2/c16-11-2-1-9(12(20)7-11)8-14(13(21)22)5-3-10(4-6-14)15(17,18)19/h1-2,7,10H,3-6,8H2,(H,21,22). The summed E-state index contributed by atoms with van der Waals surface area (Å²) < 4.78 is 40.1. The fourth-order valence-corrected chi connectivity index (χ4v) is 4.49. The fourth-order valence-electron chi connectivity index (χ4n) is 2.99. The van der Waals surface area contributed by atoms with Crippen LogP contribution in [-0.4, -0.2) is 17.3 Å². The smallest absolute Gasteiger partial charge is 0.391 e. The summed E-state index contributed by atoms with van der Waals surface area (Å²) in [7, 11) is 0. The summed E-state index contributed by atoms with van der Waals surface area (Å²) in [6.45, 7) is 0. The van der Waals surface area contributed by atoms with Crippen molar-refractivity contribution >= 4 is 44.5 Å². The topological polar surface area (TPSA) is 37.3 Å². The first-order chi connectivity index (χ1) is 10.1. The molecule has 0 bridgehead atoms. The maximum atomic E-state index is 12.8. The van der Waals surface area contributed by atoms with Gasteiger partial charge in [-0.05, 0) is 72.4 Å². The molecule has 1 aliphatic rings. The van der Waals surface area contributed by atoms with Crippen LogP contribution in [-0.2, 0) is 11.2 Å². The number of hydrogen-bond donors (Lipinski definition) is 1. The highest BCUT2D eigenvalue weighted by molar-refractivity contribution is 14.1. The van der Waals surface area contributed by atoms with Crippen molar-refractivity contribution in [3.8, 4) is 0 Å². The van der Waals surface area contributed by atoms with Crippen LogP contribution >= 0.6 is 38.5 Å². The van der Waals surface area contributed by atoms with Crippen molar-refractivity contribution in [1.29, 1.82) is 0 Å². The summed E-state index contributed by atoms with van der Waals surface area (Å²) in [6, 6.07) is 5.55. The van der Waals surface area contributed by atoms with Crippen LogP contribution < -0.4 is 0 Å². The predicted octanol–water partition coefficient (Wildman–Crippen LogP) is 5.42. The SMILES string of the molecule is O=C(O)C1(Cc2ccc(Br)cc2I)CCC(C(F)(F)F)CC1. The van der Waals surface area contributed by atoms with E-state index in [4.69, 9.17) is 0 Å². The Balaban J connectivity index is 2.19. The van der Waals surface area contributed by atoms with Gasteiger partial charge in [0.25, 0.3) is 0 Å². The summed E-state index contributed by atoms with van der Waals surface area (Å²) in [5.41, 5.74) is -0.216. The van der Waals surface area contributed by atoms with Gasteiger partial charge in [-0.3, -0.25) is 4.79 Å². The van der Waals surface area contributed by atoms with Crippen LogP contribution in [0.15, 0.2) is 22.7 Å². The molecule has 1 aliphatic carbocycles. The molecule has 1 saturated carbocycles. The molecule has 0 aliphatic heterocycles. The fraction of sp³-hybridized carbons (Fsp3) is 0.533. The number of rotatable bonds is 3. The Labute approximate surface area is 148 Å². The number of carboxylic acids is 1. The van der Waals surface area contributed by atoms with E-state index in [1.165, 1.54) is 0 Å². The summed E-state index contributed by atoms with van der Waals surface area (Å²) in [5, 5.41) is 9.59. The Morgan fingerprint density at radius 1 is 1.36 bits per heavy atom. The summed E-state index contributed by atoms with van der Waals surface area (Å²) in [4.78, 5) is 11.7. The average molecular weight is 491 g/mol. The molecule has 7 heteroatoms. The third-order valence-electron chi connectivity index (χ3n) is 4.40. The zero-order chi connectivity index (χ0) is 16.5. The molecule has 0 spiro atoms. The Kier molecular flexibility index (Phi) is 5.46. The number of aliphatic carboxylic acids is 1. The molecule has 0 unspecified atom stereocenters. The van der Waals surface area contributed by atoms with E-state index >= 15 is 0 Å². The lowest BCUT2D eigenvalue weighted by atomic mass is 9.67. The van der Waals surface area contributed by atoms with Crippen LogP contribution in [0.3, 0.4) is 0 Å². The molecule has 0 heterocycles. The van der Waals surface area contributed by atoms with Crippen molar-refractivity contribution in [3.63, 3.8) is 0 Å². The number of carbonyl (C=O) groups is 1. The molecular formula is C15H15BrF3IO2. The Bertz CT molecular complexity index is 566. The average Bonchev–Trinajstić information content (AvgIpc) is 2.41. The van der Waals surface area contributed by atoms with Crippen LogP contribution in [0, 0.1) is 14.9 Å². The Hall–Kier alpha value is -0.310. The normalized spacial score (nSPS) is 26.0. The number of hydrogen-bond acceptors (Lipinski definition) is 1. The molecule has 0 amide bonds. The lowest BCUT2D eigenvalue weighted by molar-refractivity contribution is -0.191. The van der Waals surface area contributed by atoms with Gasteiger partial charge in [-0.2, -0.15) is 13.2 Å². The van der Waals surface area contributed by atoms with Gasteiger partial charge in [0.2, 0.25) is 0 Å². The van der Waals surface area contributed by atoms with E-state index in [0.29, 0.717) is 0 Å². The van der Waals surface area contributed by atoms with Gasteiger partial charge in [0.05, 0.1) is 11.3 Å². The molecule has 0 aromatic heterocycles. The number of benzene rings is 1. The maximum absolute atomic E-state index is 12.8. The van der Waals surface area contributed by atoms with Gasteiger partial charge in [0.1, 0.15) is 0 Å². The monoisotopic (exact) mass is 490 g/mol. The molecule has 1 aromatic rings. The second kappa shape index (κ2) is 6.67. The lowest BCUT2D eigenvalue weighted by Gasteiger charge is -2.37. The van der Waals surface area contributed by atoms with Crippen LogP contribution in [0.5, 0.6) is 0 Å². The van der Waals surface area contributed by atoms with E-state index in [1.807, 2.05) is 18.2 Å². The zero-order valence-electron chi connectivity index (χ0n) is 11.6. The molecule has 22 heavy (non-hydrogen) atoms. The van der Waals surface area contributed by atoms with Gasteiger partial charge in [0.15, 0.2) is 0 Å². The van der Waals surface area contributed by atoms with E-state index < -0.39 is 23.5 Å². The molecule has 1 aromatic carbocycles. The van der Waals surface area contributed by atoms with E-state index in [-0.39, 0.29) is 32.1 Å². The quantitative estimate of drug-likeness (QED) is 0.574. The second-order valence-electron chi connectivity index (χ2n) is 5.81. The molecule has 2 rings (SSSR count). The van der Waals surface area contributed by atoms with E-state index in [0.717, 1.165) is 13.6 Å². The van der Waals surface area contributed by atoms with Gasteiger partial charge in [-0.15, -0.1) is 0 Å². The highest BCUT2D eigenvalue weighted by atomic mass is 127. The minimum absolute atomic E-state index is 0.0681. The van der Waals surface area contributed by atoms with Crippen molar-refractivity contribution < 1.29 is 23.1 Å². The van der Waals surface area contributed by atoms with Crippen LogP contribution in [0.2, 0.25) is 0 Å². The summed E-state index contributed by atoms with van der Waals surface area (Å²) >= 11 is 5.47. The maximum Gasteiger partial charge on any atom is 0.391 e. The van der Waals surface area contributed by atoms with E-state index in [9.17, 15) is 23.1 Å². The third-order valence-corrected chi connectivity index (χ3v) is 5.90. The molecule has 0 saturated heterocycles. The van der Waals surface area contributed by atoms with Gasteiger partial charge < -0.3 is 5.11 Å². The molecule has 122 valence electrons. The molecule has 1 fully saturated rings. The minimum atomic E-state index is -4.23. The number of alkyl halides is 3. The highest BCUT2D eigenvalue weighted by Gasteiger charge is 2.49. The first-order valence-corrected chi connectivity index (χ1v) is 8.75. The van der Waals surface area contributed by atoms with Crippen LogP contribution in [0.25, 0.3) is 0 Å². The molecular weight excluding hydrogens is 476 g/mol. The zero-order valence-corrected chi connectivity index (χ0v) is 15.3. The minimum Gasteiger partial charge on any atom is -0.481 e. The van der Waals surface area contributed by atoms with Crippen molar-refractivity contribution in [2.75, 3.05) is 0 Å². The number of halogens is 5. The lowest BCUT2D eigenvalue weighted by Crippen LogP contribution is -2.40. The van der Waals surface area contributed by atoms with Crippen molar-refractivity contribution in [2.24, 2.45) is 11.3 Å². The first kappa shape index (κ1) is 18.0. The first-order valence-electron chi connectivity index (χ1n) is 6.88. The van der Waals surface area contributed by atoms with Crippen molar-refractivity contribution in [2.45, 2.75) is 38.3 Å². The van der Waals surface area contributed by atoms with Crippen LogP contribution in [0.1, 0.15) is 31.2 Å². The van der Waals surface area contributed by atoms with Gasteiger partial charge in [-0.1, -0.05) is 22.0 Å². The van der Waals surface area contributed by atoms with Gasteiger partial charge in [0, 0.05) is 8.04 Å². The van der Waals surface area contributed by atoms with Gasteiger partial charge >= 0.3 is 12.1 Å². The van der Waals surface area contributed by atoms with Gasteiger partial charge in [-0.25, -0.2) is 0 Å². The Morgan fingerprint density at radius 3 is 2.41 bits per heavy atom. The molecule has 0 radical (unpaired) electrons. The van der Waals surface area contributed by atoms with E-state index in [1.54, 1.807) is 0 Å². The van der Waals surface area contributed by atoms with E-state index in [2.05, 4.69) is 38.5 Å².